The summed E-state index contributed by atoms with van der Waals surface area (Å²) in [5.41, 5.74) is 5.80. The van der Waals surface area contributed by atoms with Crippen LogP contribution in [0.25, 0.3) is 10.9 Å². The zero-order valence-corrected chi connectivity index (χ0v) is 17.2. The van der Waals surface area contributed by atoms with Crippen molar-refractivity contribution in [2.24, 2.45) is 0 Å². The number of aryl methyl sites for hydroxylation is 2. The van der Waals surface area contributed by atoms with E-state index in [4.69, 9.17) is 0 Å². The van der Waals surface area contributed by atoms with Crippen molar-refractivity contribution in [2.75, 3.05) is 0 Å². The van der Waals surface area contributed by atoms with E-state index >= 15 is 0 Å². The number of nitrogens with one attached hydrogen (secondary N) is 1. The minimum absolute atomic E-state index is 0.00429. The molecule has 0 spiro atoms. The Kier molecular flexibility index (Phi) is 5.61. The Labute approximate surface area is 175 Å². The van der Waals surface area contributed by atoms with Crippen molar-refractivity contribution in [3.8, 4) is 0 Å². The zero-order chi connectivity index (χ0) is 21.1. The van der Waals surface area contributed by atoms with Crippen LogP contribution in [-0.4, -0.2) is 20.8 Å². The molecule has 0 aliphatic carbocycles. The van der Waals surface area contributed by atoms with E-state index < -0.39 is 0 Å². The van der Waals surface area contributed by atoms with Crippen LogP contribution < -0.4 is 0 Å². The van der Waals surface area contributed by atoms with Crippen molar-refractivity contribution in [1.82, 2.24) is 14.9 Å². The second kappa shape index (κ2) is 8.49. The maximum absolute atomic E-state index is 13.8. The van der Waals surface area contributed by atoms with Crippen LogP contribution in [0.5, 0.6) is 0 Å². The van der Waals surface area contributed by atoms with E-state index in [9.17, 15) is 9.18 Å². The molecule has 0 atom stereocenters. The van der Waals surface area contributed by atoms with Gasteiger partial charge >= 0.3 is 0 Å². The number of carbonyl (C=O) groups excluding carboxylic acids is 1. The van der Waals surface area contributed by atoms with Gasteiger partial charge < -0.3 is 9.88 Å². The molecule has 5 heteroatoms. The summed E-state index contributed by atoms with van der Waals surface area (Å²) in [5.74, 6) is -0.308. The van der Waals surface area contributed by atoms with Gasteiger partial charge in [-0.1, -0.05) is 30.3 Å². The lowest BCUT2D eigenvalue weighted by Gasteiger charge is -2.24. The fourth-order valence-corrected chi connectivity index (χ4v) is 3.78. The smallest absolute Gasteiger partial charge is 0.227 e. The highest BCUT2D eigenvalue weighted by Gasteiger charge is 2.20. The monoisotopic (exact) mass is 401 g/mol. The Bertz CT molecular complexity index is 1180. The van der Waals surface area contributed by atoms with Crippen LogP contribution in [0.1, 0.15) is 27.9 Å². The minimum Gasteiger partial charge on any atom is -0.358 e. The van der Waals surface area contributed by atoms with Crippen molar-refractivity contribution in [3.63, 3.8) is 0 Å². The molecule has 0 aliphatic rings. The molecule has 0 fully saturated rings. The van der Waals surface area contributed by atoms with Crippen LogP contribution in [0, 0.1) is 19.7 Å². The van der Waals surface area contributed by atoms with Gasteiger partial charge in [0.15, 0.2) is 0 Å². The number of amides is 1. The molecule has 152 valence electrons. The lowest BCUT2D eigenvalue weighted by Crippen LogP contribution is -2.31. The molecule has 1 N–H and O–H groups in total. The minimum atomic E-state index is -0.303. The summed E-state index contributed by atoms with van der Waals surface area (Å²) in [5, 5.41) is 0.762. The lowest BCUT2D eigenvalue weighted by molar-refractivity contribution is -0.131. The molecular formula is C25H24FN3O. The first-order valence-electron chi connectivity index (χ1n) is 9.99. The fourth-order valence-electron chi connectivity index (χ4n) is 3.78. The number of benzene rings is 2. The predicted molar refractivity (Wildman–Crippen MR) is 116 cm³/mol. The Morgan fingerprint density at radius 3 is 2.67 bits per heavy atom. The van der Waals surface area contributed by atoms with Crippen molar-refractivity contribution >= 4 is 16.8 Å². The van der Waals surface area contributed by atoms with Gasteiger partial charge in [-0.05, 0) is 60.4 Å². The van der Waals surface area contributed by atoms with Crippen LogP contribution in [0.3, 0.4) is 0 Å². The average Bonchev–Trinajstić information content (AvgIpc) is 3.04. The normalized spacial score (nSPS) is 11.0. The molecule has 0 saturated carbocycles. The third-order valence-corrected chi connectivity index (χ3v) is 5.48. The van der Waals surface area contributed by atoms with Crippen LogP contribution in [0.15, 0.2) is 67.0 Å². The summed E-state index contributed by atoms with van der Waals surface area (Å²) in [7, 11) is 0. The quantitative estimate of drug-likeness (QED) is 0.489. The Morgan fingerprint density at radius 1 is 1.07 bits per heavy atom. The van der Waals surface area contributed by atoms with Crippen LogP contribution in [-0.2, 0) is 24.3 Å². The Balaban J connectivity index is 1.64. The fraction of sp³-hybridized carbons (Fsp3) is 0.200. The zero-order valence-electron chi connectivity index (χ0n) is 17.2. The topological polar surface area (TPSA) is 49.0 Å². The van der Waals surface area contributed by atoms with Crippen molar-refractivity contribution < 1.29 is 9.18 Å². The summed E-state index contributed by atoms with van der Waals surface area (Å²) >= 11 is 0. The third kappa shape index (κ3) is 4.25. The lowest BCUT2D eigenvalue weighted by atomic mass is 10.0. The van der Waals surface area contributed by atoms with Crippen LogP contribution in [0.2, 0.25) is 0 Å². The summed E-state index contributed by atoms with van der Waals surface area (Å²) in [6.07, 6.45) is 3.72. The number of hydrogen-bond acceptors (Lipinski definition) is 2. The first-order valence-corrected chi connectivity index (χ1v) is 9.99. The number of nitrogens with zero attached hydrogens (tertiary/aromatic N) is 2. The molecule has 30 heavy (non-hydrogen) atoms. The van der Waals surface area contributed by atoms with Gasteiger partial charge in [-0.15, -0.1) is 0 Å². The van der Waals surface area contributed by atoms with Gasteiger partial charge in [0.05, 0.1) is 6.42 Å². The molecule has 1 amide bonds. The molecule has 0 bridgehead atoms. The largest absolute Gasteiger partial charge is 0.358 e. The molecule has 0 radical (unpaired) electrons. The van der Waals surface area contributed by atoms with E-state index in [2.05, 4.69) is 23.0 Å². The summed E-state index contributed by atoms with van der Waals surface area (Å²) in [6, 6.07) is 16.6. The van der Waals surface area contributed by atoms with E-state index in [1.54, 1.807) is 18.5 Å². The van der Waals surface area contributed by atoms with Crippen molar-refractivity contribution in [3.05, 3.63) is 101 Å². The van der Waals surface area contributed by atoms with Crippen molar-refractivity contribution in [2.45, 2.75) is 33.4 Å². The molecule has 0 saturated heterocycles. The van der Waals surface area contributed by atoms with Gasteiger partial charge in [-0.3, -0.25) is 9.78 Å². The maximum Gasteiger partial charge on any atom is 0.227 e. The molecule has 2 heterocycles. The average molecular weight is 401 g/mol. The number of hydrogen-bond donors (Lipinski definition) is 1. The van der Waals surface area contributed by atoms with Gasteiger partial charge in [-0.25, -0.2) is 4.39 Å². The molecule has 2 aromatic heterocycles. The molecule has 0 aliphatic heterocycles. The second-order valence-electron chi connectivity index (χ2n) is 7.63. The molecule has 2 aromatic carbocycles. The Morgan fingerprint density at radius 2 is 1.90 bits per heavy atom. The van der Waals surface area contributed by atoms with Gasteiger partial charge in [0.1, 0.15) is 5.82 Å². The van der Waals surface area contributed by atoms with Gasteiger partial charge in [-0.2, -0.15) is 0 Å². The molecule has 4 nitrogen and oxygen atoms in total. The number of fused-ring (bicyclic) bond motifs is 1. The molecular weight excluding hydrogens is 377 g/mol. The van der Waals surface area contributed by atoms with E-state index in [0.717, 1.165) is 38.9 Å². The number of pyridine rings is 1. The second-order valence-corrected chi connectivity index (χ2v) is 7.63. The SMILES string of the molecule is Cc1ccccc1CN(Cc1cccnc1)C(=O)Cc1c(C)[nH]c2ccc(F)cc12. The van der Waals surface area contributed by atoms with Crippen LogP contribution >= 0.6 is 0 Å². The number of carbonyl (C=O) groups is 1. The summed E-state index contributed by atoms with van der Waals surface area (Å²) in [4.78, 5) is 22.7. The third-order valence-electron chi connectivity index (χ3n) is 5.48. The summed E-state index contributed by atoms with van der Waals surface area (Å²) in [6.45, 7) is 4.95. The maximum atomic E-state index is 13.8. The van der Waals surface area contributed by atoms with E-state index in [-0.39, 0.29) is 18.1 Å². The number of H-pyrrole nitrogens is 1. The number of aromatic nitrogens is 2. The number of aromatic amines is 1. The highest BCUT2D eigenvalue weighted by molar-refractivity contribution is 5.90. The van der Waals surface area contributed by atoms with Gasteiger partial charge in [0, 0.05) is 42.1 Å². The number of rotatable bonds is 6. The first-order chi connectivity index (χ1) is 14.5. The standard InChI is InChI=1S/C25H24FN3O/c1-17-6-3-4-8-20(17)16-29(15-19-7-5-11-27-14-19)25(30)13-22-18(2)28-24-10-9-21(26)12-23(22)24/h3-12,14,28H,13,15-16H2,1-2H3. The van der Waals surface area contributed by atoms with E-state index in [1.807, 2.05) is 42.2 Å². The van der Waals surface area contributed by atoms with Crippen molar-refractivity contribution in [1.29, 1.82) is 0 Å². The highest BCUT2D eigenvalue weighted by Crippen LogP contribution is 2.25. The first kappa shape index (κ1) is 19.8. The van der Waals surface area contributed by atoms with Gasteiger partial charge in [0.2, 0.25) is 5.91 Å². The number of halogens is 1. The van der Waals surface area contributed by atoms with Crippen LogP contribution in [0.4, 0.5) is 4.39 Å². The van der Waals surface area contributed by atoms with Gasteiger partial charge in [0.25, 0.3) is 0 Å². The van der Waals surface area contributed by atoms with E-state index in [0.29, 0.717) is 13.1 Å². The Hall–Kier alpha value is -3.47. The predicted octanol–water partition coefficient (Wildman–Crippen LogP) is 5.09. The highest BCUT2D eigenvalue weighted by atomic mass is 19.1. The van der Waals surface area contributed by atoms with E-state index in [1.165, 1.54) is 12.1 Å². The molecule has 4 rings (SSSR count). The summed E-state index contributed by atoms with van der Waals surface area (Å²) < 4.78 is 13.8. The molecule has 4 aromatic rings. The molecule has 0 unspecified atom stereocenters.